The van der Waals surface area contributed by atoms with Crippen LogP contribution in [0.3, 0.4) is 0 Å². The maximum absolute atomic E-state index is 13.4. The van der Waals surface area contributed by atoms with E-state index in [2.05, 4.69) is 29.1 Å². The number of phenols is 1. The quantitative estimate of drug-likeness (QED) is 0.516. The SMILES string of the molecule is CCN(C)CCOc1ccc2c(c1)CN(C(=O)c1cc3c(CC4CCCC4)[nH]nc3cc1O)C2. The van der Waals surface area contributed by atoms with E-state index in [-0.39, 0.29) is 11.7 Å². The number of carbonyl (C=O) groups is 1. The first kappa shape index (κ1) is 22.7. The van der Waals surface area contributed by atoms with Gasteiger partial charge < -0.3 is 19.6 Å². The minimum atomic E-state index is -0.157. The molecule has 0 atom stereocenters. The Morgan fingerprint density at radius 3 is 2.79 bits per heavy atom. The van der Waals surface area contributed by atoms with Crippen molar-refractivity contribution < 1.29 is 14.6 Å². The van der Waals surface area contributed by atoms with Crippen LogP contribution in [-0.4, -0.2) is 57.8 Å². The second-order valence-electron chi connectivity index (χ2n) is 9.78. The third-order valence-electron chi connectivity index (χ3n) is 7.42. The van der Waals surface area contributed by atoms with Gasteiger partial charge in [0.1, 0.15) is 18.1 Å². The van der Waals surface area contributed by atoms with Crippen LogP contribution in [0.4, 0.5) is 0 Å². The fraction of sp³-hybridized carbons (Fsp3) is 0.481. The molecule has 1 aliphatic heterocycles. The molecule has 0 spiro atoms. The molecule has 7 nitrogen and oxygen atoms in total. The number of aromatic hydroxyl groups is 1. The summed E-state index contributed by atoms with van der Waals surface area (Å²) in [6.45, 7) is 5.66. The highest BCUT2D eigenvalue weighted by Gasteiger charge is 2.27. The zero-order valence-electron chi connectivity index (χ0n) is 20.1. The molecule has 7 heteroatoms. The Morgan fingerprint density at radius 2 is 2.00 bits per heavy atom. The number of aromatic amines is 1. The van der Waals surface area contributed by atoms with Crippen LogP contribution in [0.1, 0.15) is 59.8 Å². The zero-order valence-corrected chi connectivity index (χ0v) is 20.1. The van der Waals surface area contributed by atoms with Crippen LogP contribution in [-0.2, 0) is 19.5 Å². The number of hydrogen-bond donors (Lipinski definition) is 2. The first-order chi connectivity index (χ1) is 16.5. The number of ether oxygens (including phenoxy) is 1. The van der Waals surface area contributed by atoms with Gasteiger partial charge in [0, 0.05) is 36.8 Å². The van der Waals surface area contributed by atoms with Gasteiger partial charge in [-0.3, -0.25) is 9.89 Å². The normalized spacial score (nSPS) is 16.0. The summed E-state index contributed by atoms with van der Waals surface area (Å²) in [5.41, 5.74) is 4.34. The molecular weight excluding hydrogens is 428 g/mol. The average molecular weight is 463 g/mol. The van der Waals surface area contributed by atoms with Crippen LogP contribution in [0, 0.1) is 5.92 Å². The van der Waals surface area contributed by atoms with E-state index >= 15 is 0 Å². The molecule has 5 rings (SSSR count). The second-order valence-corrected chi connectivity index (χ2v) is 9.78. The number of nitrogens with zero attached hydrogens (tertiary/aromatic N) is 3. The molecule has 34 heavy (non-hydrogen) atoms. The third-order valence-corrected chi connectivity index (χ3v) is 7.42. The molecule has 1 fully saturated rings. The molecule has 3 aromatic rings. The van der Waals surface area contributed by atoms with Crippen molar-refractivity contribution in [1.82, 2.24) is 20.0 Å². The van der Waals surface area contributed by atoms with Crippen molar-refractivity contribution in [2.24, 2.45) is 5.92 Å². The molecule has 1 aromatic heterocycles. The number of carbonyl (C=O) groups excluding carboxylic acids is 1. The molecule has 2 aromatic carbocycles. The van der Waals surface area contributed by atoms with Crippen LogP contribution in [0.15, 0.2) is 30.3 Å². The van der Waals surface area contributed by atoms with E-state index in [1.54, 1.807) is 11.0 Å². The summed E-state index contributed by atoms with van der Waals surface area (Å²) < 4.78 is 5.91. The summed E-state index contributed by atoms with van der Waals surface area (Å²) in [6, 6.07) is 9.49. The second kappa shape index (κ2) is 9.66. The van der Waals surface area contributed by atoms with Gasteiger partial charge in [0.05, 0.1) is 11.1 Å². The molecule has 0 radical (unpaired) electrons. The summed E-state index contributed by atoms with van der Waals surface area (Å²) >= 11 is 0. The van der Waals surface area contributed by atoms with Gasteiger partial charge in [-0.05, 0) is 55.3 Å². The van der Waals surface area contributed by atoms with Crippen molar-refractivity contribution in [3.63, 3.8) is 0 Å². The molecule has 1 aliphatic carbocycles. The summed E-state index contributed by atoms with van der Waals surface area (Å²) in [5, 5.41) is 19.1. The van der Waals surface area contributed by atoms with Gasteiger partial charge in [0.2, 0.25) is 0 Å². The predicted octanol–water partition coefficient (Wildman–Crippen LogP) is 4.49. The van der Waals surface area contributed by atoms with Gasteiger partial charge >= 0.3 is 0 Å². The number of phenolic OH excluding ortho intramolecular Hbond substituents is 1. The Balaban J connectivity index is 1.30. The number of rotatable bonds is 8. The van der Waals surface area contributed by atoms with Crippen molar-refractivity contribution in [3.8, 4) is 11.5 Å². The highest BCUT2D eigenvalue weighted by Crippen LogP contribution is 2.34. The largest absolute Gasteiger partial charge is 0.507 e. The van der Waals surface area contributed by atoms with E-state index in [9.17, 15) is 9.90 Å². The molecule has 0 bridgehead atoms. The van der Waals surface area contributed by atoms with Crippen LogP contribution in [0.2, 0.25) is 0 Å². The molecule has 2 heterocycles. The molecule has 1 amide bonds. The predicted molar refractivity (Wildman–Crippen MR) is 132 cm³/mol. The van der Waals surface area contributed by atoms with Crippen LogP contribution < -0.4 is 4.74 Å². The van der Waals surface area contributed by atoms with Gasteiger partial charge in [-0.15, -0.1) is 0 Å². The smallest absolute Gasteiger partial charge is 0.258 e. The number of nitrogens with one attached hydrogen (secondary N) is 1. The van der Waals surface area contributed by atoms with Crippen LogP contribution >= 0.6 is 0 Å². The number of likely N-dealkylation sites (N-methyl/N-ethyl adjacent to an activating group) is 1. The van der Waals surface area contributed by atoms with E-state index in [1.807, 2.05) is 24.3 Å². The molecular formula is C27H34N4O3. The van der Waals surface area contributed by atoms with Gasteiger partial charge in [0.25, 0.3) is 5.91 Å². The van der Waals surface area contributed by atoms with Crippen molar-refractivity contribution in [1.29, 1.82) is 0 Å². The average Bonchev–Trinajstić information content (AvgIpc) is 3.58. The Labute approximate surface area is 200 Å². The fourth-order valence-electron chi connectivity index (χ4n) is 5.18. The van der Waals surface area contributed by atoms with Crippen molar-refractivity contribution in [2.75, 3.05) is 26.7 Å². The topological polar surface area (TPSA) is 81.7 Å². The van der Waals surface area contributed by atoms with Crippen LogP contribution in [0.25, 0.3) is 10.9 Å². The van der Waals surface area contributed by atoms with Gasteiger partial charge in [0.15, 0.2) is 0 Å². The van der Waals surface area contributed by atoms with Crippen molar-refractivity contribution in [3.05, 3.63) is 52.7 Å². The van der Waals surface area contributed by atoms with Crippen molar-refractivity contribution in [2.45, 2.75) is 52.1 Å². The van der Waals surface area contributed by atoms with E-state index in [4.69, 9.17) is 4.74 Å². The zero-order chi connectivity index (χ0) is 23.7. The lowest BCUT2D eigenvalue weighted by Gasteiger charge is -2.16. The monoisotopic (exact) mass is 462 g/mol. The number of aromatic nitrogens is 2. The number of benzene rings is 2. The molecule has 0 saturated heterocycles. The van der Waals surface area contributed by atoms with E-state index in [1.165, 1.54) is 25.7 Å². The Bertz CT molecular complexity index is 1180. The van der Waals surface area contributed by atoms with Gasteiger partial charge in [-0.25, -0.2) is 0 Å². The van der Waals surface area contributed by atoms with Crippen molar-refractivity contribution >= 4 is 16.8 Å². The first-order valence-corrected chi connectivity index (χ1v) is 12.4. The lowest BCUT2D eigenvalue weighted by Crippen LogP contribution is -2.25. The number of H-pyrrole nitrogens is 1. The summed E-state index contributed by atoms with van der Waals surface area (Å²) in [4.78, 5) is 17.4. The lowest BCUT2D eigenvalue weighted by atomic mass is 9.99. The highest BCUT2D eigenvalue weighted by molar-refractivity contribution is 6.01. The van der Waals surface area contributed by atoms with E-state index < -0.39 is 0 Å². The minimum Gasteiger partial charge on any atom is -0.507 e. The standard InChI is InChI=1S/C27H34N4O3/c1-3-30(2)10-11-34-21-9-8-19-16-31(17-20(19)13-21)27(33)23-14-22-24(12-18-6-4-5-7-18)28-29-25(22)15-26(23)32/h8-9,13-15,18,32H,3-7,10-12,16-17H2,1-2H3,(H,28,29). The number of hydrogen-bond acceptors (Lipinski definition) is 5. The van der Waals surface area contributed by atoms with Gasteiger partial charge in [-0.2, -0.15) is 5.10 Å². The number of amides is 1. The molecule has 2 aliphatic rings. The molecule has 2 N–H and O–H groups in total. The van der Waals surface area contributed by atoms with E-state index in [0.29, 0.717) is 36.7 Å². The maximum Gasteiger partial charge on any atom is 0.258 e. The third kappa shape index (κ3) is 4.62. The van der Waals surface area contributed by atoms with E-state index in [0.717, 1.165) is 47.5 Å². The summed E-state index contributed by atoms with van der Waals surface area (Å²) in [5.74, 6) is 1.33. The van der Waals surface area contributed by atoms with Crippen LogP contribution in [0.5, 0.6) is 11.5 Å². The van der Waals surface area contributed by atoms with Gasteiger partial charge in [-0.1, -0.05) is 38.7 Å². The fourth-order valence-corrected chi connectivity index (χ4v) is 5.18. The summed E-state index contributed by atoms with van der Waals surface area (Å²) in [7, 11) is 2.07. The lowest BCUT2D eigenvalue weighted by molar-refractivity contribution is 0.0748. The summed E-state index contributed by atoms with van der Waals surface area (Å²) in [6.07, 6.45) is 6.02. The first-order valence-electron chi connectivity index (χ1n) is 12.4. The number of fused-ring (bicyclic) bond motifs is 2. The Hall–Kier alpha value is -3.06. The molecule has 1 saturated carbocycles. The highest BCUT2D eigenvalue weighted by atomic mass is 16.5. The molecule has 180 valence electrons. The maximum atomic E-state index is 13.4. The Morgan fingerprint density at radius 1 is 1.21 bits per heavy atom. The minimum absolute atomic E-state index is 0.0172. The Kier molecular flexibility index (Phi) is 6.46. The molecule has 0 unspecified atom stereocenters.